The standard InChI is InChI=1S/C22H27N3O2/c1-15(17-8-12-19(13-9-17)25-21(23)27)24-20(26)14-7-16-5-10-18(11-6-16)22(2,3)4/h5-15H,1-4H3,(H,24,26)(H3,23,25,27)/b14-7+. The molecule has 0 radical (unpaired) electrons. The monoisotopic (exact) mass is 365 g/mol. The van der Waals surface area contributed by atoms with Crippen molar-refractivity contribution in [3.05, 3.63) is 71.3 Å². The molecule has 5 heteroatoms. The number of carbonyl (C=O) groups is 2. The van der Waals surface area contributed by atoms with Crippen molar-refractivity contribution in [2.75, 3.05) is 5.32 Å². The highest BCUT2D eigenvalue weighted by atomic mass is 16.2. The second-order valence-electron chi connectivity index (χ2n) is 7.55. The topological polar surface area (TPSA) is 84.2 Å². The third-order valence-electron chi connectivity index (χ3n) is 4.24. The number of benzene rings is 2. The zero-order valence-corrected chi connectivity index (χ0v) is 16.2. The van der Waals surface area contributed by atoms with Crippen molar-refractivity contribution in [1.29, 1.82) is 0 Å². The van der Waals surface area contributed by atoms with Crippen LogP contribution in [0.25, 0.3) is 6.08 Å². The number of hydrogen-bond acceptors (Lipinski definition) is 2. The molecule has 0 aliphatic rings. The molecule has 3 amide bonds. The Morgan fingerprint density at radius 2 is 1.59 bits per heavy atom. The van der Waals surface area contributed by atoms with E-state index in [4.69, 9.17) is 5.73 Å². The lowest BCUT2D eigenvalue weighted by atomic mass is 9.87. The van der Waals surface area contributed by atoms with Gasteiger partial charge in [0.25, 0.3) is 0 Å². The number of nitrogens with one attached hydrogen (secondary N) is 2. The first kappa shape index (κ1) is 20.2. The molecule has 1 atom stereocenters. The molecule has 0 aromatic heterocycles. The maximum absolute atomic E-state index is 12.2. The van der Waals surface area contributed by atoms with Crippen LogP contribution in [0.15, 0.2) is 54.6 Å². The smallest absolute Gasteiger partial charge is 0.316 e. The van der Waals surface area contributed by atoms with Crippen LogP contribution in [0.5, 0.6) is 0 Å². The zero-order valence-electron chi connectivity index (χ0n) is 16.2. The molecule has 142 valence electrons. The van der Waals surface area contributed by atoms with Crippen LogP contribution in [-0.4, -0.2) is 11.9 Å². The van der Waals surface area contributed by atoms with Gasteiger partial charge in [0.1, 0.15) is 0 Å². The van der Waals surface area contributed by atoms with E-state index in [0.29, 0.717) is 5.69 Å². The Morgan fingerprint density at radius 1 is 1.00 bits per heavy atom. The lowest BCUT2D eigenvalue weighted by Gasteiger charge is -2.18. The van der Waals surface area contributed by atoms with E-state index in [1.54, 1.807) is 18.2 Å². The van der Waals surface area contributed by atoms with Gasteiger partial charge in [-0.3, -0.25) is 4.79 Å². The molecule has 2 aromatic carbocycles. The number of urea groups is 1. The molecule has 27 heavy (non-hydrogen) atoms. The fourth-order valence-electron chi connectivity index (χ4n) is 2.61. The lowest BCUT2D eigenvalue weighted by molar-refractivity contribution is -0.117. The quantitative estimate of drug-likeness (QED) is 0.688. The number of hydrogen-bond donors (Lipinski definition) is 3. The van der Waals surface area contributed by atoms with Crippen LogP contribution in [0.4, 0.5) is 10.5 Å². The normalized spacial score (nSPS) is 12.6. The van der Waals surface area contributed by atoms with Crippen molar-refractivity contribution < 1.29 is 9.59 Å². The van der Waals surface area contributed by atoms with Crippen molar-refractivity contribution in [1.82, 2.24) is 5.32 Å². The van der Waals surface area contributed by atoms with Gasteiger partial charge in [0, 0.05) is 11.8 Å². The average Bonchev–Trinajstić information content (AvgIpc) is 2.59. The second kappa shape index (κ2) is 8.54. The van der Waals surface area contributed by atoms with Crippen LogP contribution < -0.4 is 16.4 Å². The molecule has 2 rings (SSSR count). The molecule has 5 nitrogen and oxygen atoms in total. The molecule has 0 saturated heterocycles. The van der Waals surface area contributed by atoms with E-state index < -0.39 is 6.03 Å². The summed E-state index contributed by atoms with van der Waals surface area (Å²) in [7, 11) is 0. The molecule has 0 heterocycles. The molecule has 2 aromatic rings. The van der Waals surface area contributed by atoms with Gasteiger partial charge in [-0.25, -0.2) is 4.79 Å². The zero-order chi connectivity index (χ0) is 20.0. The fraction of sp³-hybridized carbons (Fsp3) is 0.273. The molecule has 0 aliphatic carbocycles. The summed E-state index contributed by atoms with van der Waals surface area (Å²) in [6, 6.07) is 14.6. The maximum Gasteiger partial charge on any atom is 0.316 e. The molecule has 0 aliphatic heterocycles. The predicted octanol–water partition coefficient (Wildman–Crippen LogP) is 4.37. The summed E-state index contributed by atoms with van der Waals surface area (Å²) in [6.07, 6.45) is 3.33. The fourth-order valence-corrected chi connectivity index (χ4v) is 2.61. The molecular formula is C22H27N3O2. The highest BCUT2D eigenvalue weighted by Gasteiger charge is 2.12. The number of anilines is 1. The predicted molar refractivity (Wildman–Crippen MR) is 110 cm³/mol. The number of amides is 3. The van der Waals surface area contributed by atoms with Crippen molar-refractivity contribution in [2.24, 2.45) is 5.73 Å². The molecule has 1 unspecified atom stereocenters. The van der Waals surface area contributed by atoms with Gasteiger partial charge in [0.05, 0.1) is 6.04 Å². The van der Waals surface area contributed by atoms with Crippen molar-refractivity contribution in [3.63, 3.8) is 0 Å². The van der Waals surface area contributed by atoms with E-state index in [-0.39, 0.29) is 17.4 Å². The Labute approximate surface area is 160 Å². The van der Waals surface area contributed by atoms with Gasteiger partial charge in [0.2, 0.25) is 5.91 Å². The van der Waals surface area contributed by atoms with Gasteiger partial charge >= 0.3 is 6.03 Å². The highest BCUT2D eigenvalue weighted by Crippen LogP contribution is 2.22. The minimum absolute atomic E-state index is 0.109. The summed E-state index contributed by atoms with van der Waals surface area (Å²) >= 11 is 0. The molecule has 0 spiro atoms. The van der Waals surface area contributed by atoms with Gasteiger partial charge in [-0.05, 0) is 47.2 Å². The Bertz CT molecular complexity index is 816. The maximum atomic E-state index is 12.2. The summed E-state index contributed by atoms with van der Waals surface area (Å²) in [5.74, 6) is -0.165. The summed E-state index contributed by atoms with van der Waals surface area (Å²) in [4.78, 5) is 23.0. The highest BCUT2D eigenvalue weighted by molar-refractivity contribution is 5.92. The first-order valence-corrected chi connectivity index (χ1v) is 8.91. The van der Waals surface area contributed by atoms with Crippen LogP contribution >= 0.6 is 0 Å². The van der Waals surface area contributed by atoms with E-state index in [1.807, 2.05) is 31.2 Å². The first-order valence-electron chi connectivity index (χ1n) is 8.91. The Balaban J connectivity index is 1.94. The Kier molecular flexibility index (Phi) is 6.40. The minimum atomic E-state index is -0.607. The van der Waals surface area contributed by atoms with Crippen molar-refractivity contribution >= 4 is 23.7 Å². The molecule has 0 saturated carbocycles. The summed E-state index contributed by atoms with van der Waals surface area (Å²) < 4.78 is 0. The van der Waals surface area contributed by atoms with E-state index >= 15 is 0 Å². The van der Waals surface area contributed by atoms with Crippen molar-refractivity contribution in [3.8, 4) is 0 Å². The number of nitrogens with two attached hydrogens (primary N) is 1. The van der Waals surface area contributed by atoms with Crippen LogP contribution in [0, 0.1) is 0 Å². The van der Waals surface area contributed by atoms with Gasteiger partial charge in [-0.1, -0.05) is 57.2 Å². The average molecular weight is 365 g/mol. The SMILES string of the molecule is CC(NC(=O)/C=C/c1ccc(C(C)(C)C)cc1)c1ccc(NC(N)=O)cc1. The van der Waals surface area contributed by atoms with E-state index in [0.717, 1.165) is 11.1 Å². The number of primary amides is 1. The molecule has 4 N–H and O–H groups in total. The number of rotatable bonds is 5. The van der Waals surface area contributed by atoms with Gasteiger partial charge in [-0.15, -0.1) is 0 Å². The van der Waals surface area contributed by atoms with Crippen molar-refractivity contribution in [2.45, 2.75) is 39.2 Å². The Hall–Kier alpha value is -3.08. The van der Waals surface area contributed by atoms with Crippen LogP contribution in [0.3, 0.4) is 0 Å². The second-order valence-corrected chi connectivity index (χ2v) is 7.55. The van der Waals surface area contributed by atoms with Crippen LogP contribution in [0.2, 0.25) is 0 Å². The van der Waals surface area contributed by atoms with Gasteiger partial charge in [-0.2, -0.15) is 0 Å². The molecule has 0 bridgehead atoms. The van der Waals surface area contributed by atoms with Gasteiger partial charge in [0.15, 0.2) is 0 Å². The lowest BCUT2D eigenvalue weighted by Crippen LogP contribution is -2.24. The van der Waals surface area contributed by atoms with E-state index in [1.165, 1.54) is 11.6 Å². The largest absolute Gasteiger partial charge is 0.351 e. The molecular weight excluding hydrogens is 338 g/mol. The van der Waals surface area contributed by atoms with Gasteiger partial charge < -0.3 is 16.4 Å². The van der Waals surface area contributed by atoms with Crippen LogP contribution in [-0.2, 0) is 10.2 Å². The van der Waals surface area contributed by atoms with E-state index in [9.17, 15) is 9.59 Å². The third-order valence-corrected chi connectivity index (χ3v) is 4.24. The molecule has 0 fully saturated rings. The van der Waals surface area contributed by atoms with E-state index in [2.05, 4.69) is 43.5 Å². The first-order chi connectivity index (χ1) is 12.6. The van der Waals surface area contributed by atoms with Crippen LogP contribution in [0.1, 0.15) is 50.4 Å². The minimum Gasteiger partial charge on any atom is -0.351 e. The number of carbonyl (C=O) groups excluding carboxylic acids is 2. The summed E-state index contributed by atoms with van der Waals surface area (Å²) in [6.45, 7) is 8.41. The summed E-state index contributed by atoms with van der Waals surface area (Å²) in [5, 5.41) is 5.43. The Morgan fingerprint density at radius 3 is 2.11 bits per heavy atom. The third kappa shape index (κ3) is 6.29. The summed E-state index contributed by atoms with van der Waals surface area (Å²) in [5.41, 5.74) is 8.97.